The molecular formula is C28H26N2O6. The van der Waals surface area contributed by atoms with Crippen molar-refractivity contribution in [3.8, 4) is 28.6 Å². The number of hydrogen-bond acceptors (Lipinski definition) is 5. The number of para-hydroxylation sites is 2. The Balaban J connectivity index is 1.47. The van der Waals surface area contributed by atoms with E-state index >= 15 is 0 Å². The van der Waals surface area contributed by atoms with Crippen LogP contribution in [0.2, 0.25) is 0 Å². The van der Waals surface area contributed by atoms with Crippen LogP contribution in [0.3, 0.4) is 0 Å². The molecule has 2 N–H and O–H groups in total. The Morgan fingerprint density at radius 3 is 2.33 bits per heavy atom. The number of hydrogen-bond donors (Lipinski definition) is 2. The number of carboxylic acid groups (broad SMARTS) is 2. The van der Waals surface area contributed by atoms with E-state index in [1.807, 2.05) is 30.3 Å². The van der Waals surface area contributed by atoms with Crippen molar-refractivity contribution in [3.05, 3.63) is 72.3 Å². The molecule has 0 unspecified atom stereocenters. The largest absolute Gasteiger partial charge is 0.479 e. The lowest BCUT2D eigenvalue weighted by Gasteiger charge is -2.25. The Kier molecular flexibility index (Phi) is 6.58. The van der Waals surface area contributed by atoms with Gasteiger partial charge in [-0.15, -0.1) is 0 Å². The van der Waals surface area contributed by atoms with Crippen molar-refractivity contribution in [3.63, 3.8) is 0 Å². The van der Waals surface area contributed by atoms with Gasteiger partial charge < -0.3 is 24.3 Å². The first-order chi connectivity index (χ1) is 17.5. The number of carboxylic acids is 2. The first-order valence-electron chi connectivity index (χ1n) is 12.0. The summed E-state index contributed by atoms with van der Waals surface area (Å²) in [7, 11) is 0. The first kappa shape index (κ1) is 23.4. The third kappa shape index (κ3) is 4.88. The molecule has 3 aromatic carbocycles. The molecule has 184 valence electrons. The molecule has 0 bridgehead atoms. The van der Waals surface area contributed by atoms with Crippen LogP contribution >= 0.6 is 0 Å². The van der Waals surface area contributed by atoms with E-state index in [4.69, 9.17) is 19.6 Å². The van der Waals surface area contributed by atoms with Crippen molar-refractivity contribution in [2.45, 2.75) is 38.1 Å². The third-order valence-electron chi connectivity index (χ3n) is 6.42. The fraction of sp³-hybridized carbons (Fsp3) is 0.250. The molecule has 4 aromatic rings. The van der Waals surface area contributed by atoms with Gasteiger partial charge in [-0.3, -0.25) is 0 Å². The molecule has 1 aliphatic rings. The molecule has 1 saturated carbocycles. The lowest BCUT2D eigenvalue weighted by atomic mass is 9.95. The summed E-state index contributed by atoms with van der Waals surface area (Å²) in [4.78, 5) is 27.2. The zero-order valence-corrected chi connectivity index (χ0v) is 19.6. The van der Waals surface area contributed by atoms with E-state index in [2.05, 4.69) is 4.57 Å². The normalized spacial score (nSPS) is 14.0. The summed E-state index contributed by atoms with van der Waals surface area (Å²) >= 11 is 0. The highest BCUT2D eigenvalue weighted by Crippen LogP contribution is 2.37. The Morgan fingerprint density at radius 1 is 0.917 bits per heavy atom. The third-order valence-corrected chi connectivity index (χ3v) is 6.42. The number of aromatic carboxylic acids is 1. The van der Waals surface area contributed by atoms with E-state index < -0.39 is 18.5 Å². The first-order valence-corrected chi connectivity index (χ1v) is 12.0. The summed E-state index contributed by atoms with van der Waals surface area (Å²) in [5.41, 5.74) is 2.72. The molecule has 8 heteroatoms. The van der Waals surface area contributed by atoms with E-state index in [-0.39, 0.29) is 5.56 Å². The SMILES string of the molecule is O=C(O)COc1ccccc1Oc1ccc(-c2nc3cc(C(=O)O)ccc3n2C2CCCCC2)cc1. The van der Waals surface area contributed by atoms with Gasteiger partial charge in [-0.1, -0.05) is 31.4 Å². The van der Waals surface area contributed by atoms with Crippen LogP contribution in [0.4, 0.5) is 0 Å². The van der Waals surface area contributed by atoms with Gasteiger partial charge in [0, 0.05) is 11.6 Å². The number of imidazole rings is 1. The fourth-order valence-electron chi connectivity index (χ4n) is 4.74. The predicted molar refractivity (Wildman–Crippen MR) is 134 cm³/mol. The summed E-state index contributed by atoms with van der Waals surface area (Å²) in [6, 6.07) is 19.9. The molecule has 0 saturated heterocycles. The predicted octanol–water partition coefficient (Wildman–Crippen LogP) is 6.16. The van der Waals surface area contributed by atoms with Gasteiger partial charge in [0.2, 0.25) is 0 Å². The number of aromatic nitrogens is 2. The number of fused-ring (bicyclic) bond motifs is 1. The van der Waals surface area contributed by atoms with Crippen molar-refractivity contribution in [1.82, 2.24) is 9.55 Å². The molecule has 36 heavy (non-hydrogen) atoms. The molecule has 0 amide bonds. The van der Waals surface area contributed by atoms with Crippen molar-refractivity contribution in [1.29, 1.82) is 0 Å². The molecule has 1 heterocycles. The second-order valence-electron chi connectivity index (χ2n) is 8.86. The van der Waals surface area contributed by atoms with Crippen molar-refractivity contribution in [2.24, 2.45) is 0 Å². The van der Waals surface area contributed by atoms with Crippen LogP contribution < -0.4 is 9.47 Å². The highest BCUT2D eigenvalue weighted by atomic mass is 16.5. The van der Waals surface area contributed by atoms with Gasteiger partial charge in [0.05, 0.1) is 16.6 Å². The smallest absolute Gasteiger partial charge is 0.341 e. The monoisotopic (exact) mass is 486 g/mol. The van der Waals surface area contributed by atoms with E-state index in [1.165, 1.54) is 6.42 Å². The maximum atomic E-state index is 11.5. The molecule has 0 radical (unpaired) electrons. The highest BCUT2D eigenvalue weighted by molar-refractivity contribution is 5.93. The molecule has 1 fully saturated rings. The average Bonchev–Trinajstić information content (AvgIpc) is 3.28. The standard InChI is InChI=1S/C28H26N2O6/c31-26(32)17-35-24-8-4-5-9-25(24)36-21-13-10-18(11-14-21)27-29-22-16-19(28(33)34)12-15-23(22)30(27)20-6-2-1-3-7-20/h4-5,8-16,20H,1-3,6-7,17H2,(H,31,32)(H,33,34). The number of ether oxygens (including phenoxy) is 2. The molecule has 0 atom stereocenters. The van der Waals surface area contributed by atoms with E-state index in [0.717, 1.165) is 42.6 Å². The zero-order valence-electron chi connectivity index (χ0n) is 19.6. The van der Waals surface area contributed by atoms with Gasteiger partial charge >= 0.3 is 11.9 Å². The van der Waals surface area contributed by atoms with Gasteiger partial charge in [-0.05, 0) is 67.4 Å². The summed E-state index contributed by atoms with van der Waals surface area (Å²) in [6.45, 7) is -0.458. The Labute approximate surface area is 207 Å². The topological polar surface area (TPSA) is 111 Å². The second kappa shape index (κ2) is 10.1. The molecular weight excluding hydrogens is 460 g/mol. The van der Waals surface area contributed by atoms with Gasteiger partial charge in [0.15, 0.2) is 18.1 Å². The van der Waals surface area contributed by atoms with Crippen LogP contribution in [0, 0.1) is 0 Å². The lowest BCUT2D eigenvalue weighted by Crippen LogP contribution is -2.14. The van der Waals surface area contributed by atoms with Gasteiger partial charge in [-0.2, -0.15) is 0 Å². The number of aliphatic carboxylic acids is 1. The number of carbonyl (C=O) groups is 2. The maximum Gasteiger partial charge on any atom is 0.341 e. The summed E-state index contributed by atoms with van der Waals surface area (Å²) < 4.78 is 13.6. The van der Waals surface area contributed by atoms with Crippen LogP contribution in [-0.2, 0) is 4.79 Å². The van der Waals surface area contributed by atoms with Crippen LogP contribution in [0.15, 0.2) is 66.7 Å². The fourth-order valence-corrected chi connectivity index (χ4v) is 4.74. The lowest BCUT2D eigenvalue weighted by molar-refractivity contribution is -0.139. The van der Waals surface area contributed by atoms with E-state index in [1.54, 1.807) is 36.4 Å². The second-order valence-corrected chi connectivity index (χ2v) is 8.86. The maximum absolute atomic E-state index is 11.5. The zero-order chi connectivity index (χ0) is 25.1. The molecule has 1 aromatic heterocycles. The number of nitrogens with zero attached hydrogens (tertiary/aromatic N) is 2. The minimum atomic E-state index is -1.06. The Bertz CT molecular complexity index is 1400. The average molecular weight is 487 g/mol. The van der Waals surface area contributed by atoms with Crippen LogP contribution in [0.25, 0.3) is 22.4 Å². The number of benzene rings is 3. The Hall–Kier alpha value is -4.33. The van der Waals surface area contributed by atoms with Gasteiger partial charge in [0.1, 0.15) is 11.6 Å². The van der Waals surface area contributed by atoms with Crippen LogP contribution in [0.5, 0.6) is 17.2 Å². The molecule has 0 spiro atoms. The van der Waals surface area contributed by atoms with Gasteiger partial charge in [0.25, 0.3) is 0 Å². The summed E-state index contributed by atoms with van der Waals surface area (Å²) in [5, 5.41) is 18.3. The molecule has 0 aliphatic heterocycles. The molecule has 5 rings (SSSR count). The molecule has 8 nitrogen and oxygen atoms in total. The van der Waals surface area contributed by atoms with Crippen LogP contribution in [-0.4, -0.2) is 38.3 Å². The van der Waals surface area contributed by atoms with E-state index in [9.17, 15) is 14.7 Å². The molecule has 1 aliphatic carbocycles. The minimum absolute atomic E-state index is 0.217. The van der Waals surface area contributed by atoms with Crippen molar-refractivity contribution in [2.75, 3.05) is 6.61 Å². The minimum Gasteiger partial charge on any atom is -0.479 e. The quantitative estimate of drug-likeness (QED) is 0.307. The van der Waals surface area contributed by atoms with Crippen molar-refractivity contribution < 1.29 is 29.3 Å². The summed E-state index contributed by atoms with van der Waals surface area (Å²) in [6.07, 6.45) is 5.67. The summed E-state index contributed by atoms with van der Waals surface area (Å²) in [5.74, 6) is 0.0968. The number of rotatable bonds is 8. The Morgan fingerprint density at radius 2 is 1.64 bits per heavy atom. The van der Waals surface area contributed by atoms with Gasteiger partial charge in [-0.25, -0.2) is 14.6 Å². The van der Waals surface area contributed by atoms with Crippen molar-refractivity contribution >= 4 is 23.0 Å². The highest BCUT2D eigenvalue weighted by Gasteiger charge is 2.23. The van der Waals surface area contributed by atoms with Crippen LogP contribution in [0.1, 0.15) is 48.5 Å². The van der Waals surface area contributed by atoms with E-state index in [0.29, 0.717) is 28.8 Å².